The van der Waals surface area contributed by atoms with Gasteiger partial charge < -0.3 is 16.0 Å². The van der Waals surface area contributed by atoms with Gasteiger partial charge in [0, 0.05) is 30.4 Å². The van der Waals surface area contributed by atoms with Gasteiger partial charge >= 0.3 is 0 Å². The average molecular weight is 451 g/mol. The maximum atomic E-state index is 12.3. The summed E-state index contributed by atoms with van der Waals surface area (Å²) in [4.78, 5) is 38.9. The lowest BCUT2D eigenvalue weighted by atomic mass is 9.87. The van der Waals surface area contributed by atoms with E-state index in [1.165, 1.54) is 0 Å². The number of benzene rings is 2. The molecule has 3 rings (SSSR count). The molecule has 0 bridgehead atoms. The first kappa shape index (κ1) is 24.5. The van der Waals surface area contributed by atoms with Gasteiger partial charge in [0.05, 0.1) is 13.1 Å². The summed E-state index contributed by atoms with van der Waals surface area (Å²) in [7, 11) is 0. The Hall–Kier alpha value is -3.19. The number of carbonyl (C=O) groups is 3. The second-order valence-corrected chi connectivity index (χ2v) is 9.54. The van der Waals surface area contributed by atoms with Crippen molar-refractivity contribution < 1.29 is 14.4 Å². The van der Waals surface area contributed by atoms with Gasteiger partial charge in [-0.25, -0.2) is 0 Å². The maximum absolute atomic E-state index is 12.3. The number of likely N-dealkylation sites (tertiary alicyclic amines) is 1. The predicted molar refractivity (Wildman–Crippen MR) is 130 cm³/mol. The van der Waals surface area contributed by atoms with Gasteiger partial charge in [-0.05, 0) is 48.1 Å². The summed E-state index contributed by atoms with van der Waals surface area (Å²) in [6, 6.07) is 16.9. The molecule has 3 N–H and O–H groups in total. The summed E-state index contributed by atoms with van der Waals surface area (Å²) in [5.41, 5.74) is 2.51. The lowest BCUT2D eigenvalue weighted by Crippen LogP contribution is -2.48. The number of anilines is 1. The van der Waals surface area contributed by atoms with Crippen LogP contribution in [0.3, 0.4) is 0 Å². The highest BCUT2D eigenvalue weighted by atomic mass is 16.2. The fourth-order valence-electron chi connectivity index (χ4n) is 3.82. The Labute approximate surface area is 195 Å². The quantitative estimate of drug-likeness (QED) is 0.605. The molecule has 33 heavy (non-hydrogen) atoms. The first-order valence-corrected chi connectivity index (χ1v) is 11.5. The highest BCUT2D eigenvalue weighted by Gasteiger charge is 2.22. The van der Waals surface area contributed by atoms with Gasteiger partial charge in [-0.1, -0.05) is 51.1 Å². The second kappa shape index (κ2) is 11.1. The topological polar surface area (TPSA) is 90.5 Å². The largest absolute Gasteiger partial charge is 0.352 e. The lowest BCUT2D eigenvalue weighted by molar-refractivity contribution is -0.121. The SMILES string of the molecule is CC(C)(C)c1ccc(C(=O)NCC(=O)NC2CCN(CC(=O)Nc3ccccc3)CC2)cc1. The third-order valence-corrected chi connectivity index (χ3v) is 5.80. The smallest absolute Gasteiger partial charge is 0.251 e. The van der Waals surface area contributed by atoms with E-state index in [0.717, 1.165) is 37.2 Å². The van der Waals surface area contributed by atoms with E-state index < -0.39 is 0 Å². The van der Waals surface area contributed by atoms with E-state index >= 15 is 0 Å². The van der Waals surface area contributed by atoms with Crippen molar-refractivity contribution >= 4 is 23.4 Å². The molecule has 0 saturated carbocycles. The molecule has 2 aromatic carbocycles. The van der Waals surface area contributed by atoms with Crippen LogP contribution >= 0.6 is 0 Å². The van der Waals surface area contributed by atoms with E-state index in [0.29, 0.717) is 12.1 Å². The highest BCUT2D eigenvalue weighted by molar-refractivity contribution is 5.96. The van der Waals surface area contributed by atoms with Crippen molar-refractivity contribution in [3.8, 4) is 0 Å². The van der Waals surface area contributed by atoms with Crippen molar-refractivity contribution in [2.75, 3.05) is 31.5 Å². The molecular weight excluding hydrogens is 416 g/mol. The second-order valence-electron chi connectivity index (χ2n) is 9.54. The molecular formula is C26H34N4O3. The van der Waals surface area contributed by atoms with Crippen LogP contribution in [0.1, 0.15) is 49.5 Å². The van der Waals surface area contributed by atoms with E-state index in [1.807, 2.05) is 42.5 Å². The Kier molecular flexibility index (Phi) is 8.22. The van der Waals surface area contributed by atoms with E-state index in [9.17, 15) is 14.4 Å². The number of piperidine rings is 1. The number of rotatable bonds is 7. The minimum atomic E-state index is -0.259. The molecule has 0 radical (unpaired) electrons. The van der Waals surface area contributed by atoms with Crippen molar-refractivity contribution in [1.29, 1.82) is 0 Å². The van der Waals surface area contributed by atoms with Crippen molar-refractivity contribution in [2.24, 2.45) is 0 Å². The minimum absolute atomic E-state index is 0.0240. The predicted octanol–water partition coefficient (Wildman–Crippen LogP) is 2.93. The Morgan fingerprint density at radius 3 is 2.15 bits per heavy atom. The summed E-state index contributed by atoms with van der Waals surface area (Å²) in [5, 5.41) is 8.57. The summed E-state index contributed by atoms with van der Waals surface area (Å²) < 4.78 is 0. The number of amides is 3. The summed E-state index contributed by atoms with van der Waals surface area (Å²) in [6.45, 7) is 8.11. The fourth-order valence-corrected chi connectivity index (χ4v) is 3.82. The number of hydrogen-bond donors (Lipinski definition) is 3. The van der Waals surface area contributed by atoms with Crippen LogP contribution in [0, 0.1) is 0 Å². The third-order valence-electron chi connectivity index (χ3n) is 5.80. The van der Waals surface area contributed by atoms with E-state index in [-0.39, 0.29) is 35.7 Å². The van der Waals surface area contributed by atoms with Crippen molar-refractivity contribution in [3.63, 3.8) is 0 Å². The Morgan fingerprint density at radius 2 is 1.55 bits per heavy atom. The molecule has 0 spiro atoms. The Bertz CT molecular complexity index is 944. The van der Waals surface area contributed by atoms with E-state index in [2.05, 4.69) is 41.6 Å². The zero-order valence-corrected chi connectivity index (χ0v) is 19.7. The zero-order valence-electron chi connectivity index (χ0n) is 19.7. The molecule has 0 aliphatic carbocycles. The normalized spacial score (nSPS) is 15.0. The van der Waals surface area contributed by atoms with E-state index in [4.69, 9.17) is 0 Å². The van der Waals surface area contributed by atoms with Gasteiger partial charge in [-0.2, -0.15) is 0 Å². The Morgan fingerprint density at radius 1 is 0.909 bits per heavy atom. The molecule has 0 atom stereocenters. The van der Waals surface area contributed by atoms with Gasteiger partial charge in [0.25, 0.3) is 5.91 Å². The van der Waals surface area contributed by atoms with E-state index in [1.54, 1.807) is 12.1 Å². The van der Waals surface area contributed by atoms with Crippen molar-refractivity contribution in [1.82, 2.24) is 15.5 Å². The van der Waals surface area contributed by atoms with Gasteiger partial charge in [-0.15, -0.1) is 0 Å². The van der Waals surface area contributed by atoms with Crippen LogP contribution in [0.25, 0.3) is 0 Å². The van der Waals surface area contributed by atoms with Crippen molar-refractivity contribution in [3.05, 3.63) is 65.7 Å². The molecule has 176 valence electrons. The molecule has 7 nitrogen and oxygen atoms in total. The summed E-state index contributed by atoms with van der Waals surface area (Å²) in [5.74, 6) is -0.498. The first-order valence-electron chi connectivity index (χ1n) is 11.5. The van der Waals surface area contributed by atoms with Crippen LogP contribution in [-0.4, -0.2) is 54.8 Å². The van der Waals surface area contributed by atoms with Crippen LogP contribution in [0.4, 0.5) is 5.69 Å². The molecule has 0 unspecified atom stereocenters. The van der Waals surface area contributed by atoms with Gasteiger partial charge in [0.2, 0.25) is 11.8 Å². The standard InChI is InChI=1S/C26H34N4O3/c1-26(2,3)20-11-9-19(10-12-20)25(33)27-17-23(31)28-22-13-15-30(16-14-22)18-24(32)29-21-7-5-4-6-8-21/h4-12,22H,13-18H2,1-3H3,(H,27,33)(H,28,31)(H,29,32). The number of nitrogens with zero attached hydrogens (tertiary/aromatic N) is 1. The van der Waals surface area contributed by atoms with Crippen LogP contribution in [0.2, 0.25) is 0 Å². The van der Waals surface area contributed by atoms with Crippen molar-refractivity contribution in [2.45, 2.75) is 45.1 Å². The van der Waals surface area contributed by atoms with Crippen LogP contribution in [0.5, 0.6) is 0 Å². The van der Waals surface area contributed by atoms with Crippen LogP contribution in [0.15, 0.2) is 54.6 Å². The van der Waals surface area contributed by atoms with Crippen LogP contribution in [-0.2, 0) is 15.0 Å². The van der Waals surface area contributed by atoms with Gasteiger partial charge in [-0.3, -0.25) is 19.3 Å². The molecule has 1 heterocycles. The molecule has 1 aliphatic heterocycles. The first-order chi connectivity index (χ1) is 15.7. The third kappa shape index (κ3) is 7.71. The molecule has 3 amide bonds. The Balaban J connectivity index is 1.35. The zero-order chi connectivity index (χ0) is 23.8. The lowest BCUT2D eigenvalue weighted by Gasteiger charge is -2.31. The molecule has 7 heteroatoms. The number of para-hydroxylation sites is 1. The van der Waals surface area contributed by atoms with Gasteiger partial charge in [0.1, 0.15) is 0 Å². The fraction of sp³-hybridized carbons (Fsp3) is 0.423. The number of hydrogen-bond acceptors (Lipinski definition) is 4. The summed E-state index contributed by atoms with van der Waals surface area (Å²) >= 11 is 0. The monoisotopic (exact) mass is 450 g/mol. The molecule has 1 aliphatic rings. The summed E-state index contributed by atoms with van der Waals surface area (Å²) in [6.07, 6.45) is 1.54. The van der Waals surface area contributed by atoms with Crippen LogP contribution < -0.4 is 16.0 Å². The molecule has 0 aromatic heterocycles. The maximum Gasteiger partial charge on any atom is 0.251 e. The average Bonchev–Trinajstić information content (AvgIpc) is 2.79. The minimum Gasteiger partial charge on any atom is -0.352 e. The molecule has 1 fully saturated rings. The molecule has 2 aromatic rings. The molecule has 1 saturated heterocycles. The van der Waals surface area contributed by atoms with Gasteiger partial charge in [0.15, 0.2) is 0 Å². The number of carbonyl (C=O) groups excluding carboxylic acids is 3. The highest BCUT2D eigenvalue weighted by Crippen LogP contribution is 2.22. The number of nitrogens with one attached hydrogen (secondary N) is 3.